The van der Waals surface area contributed by atoms with Crippen molar-refractivity contribution in [2.45, 2.75) is 38.6 Å². The van der Waals surface area contributed by atoms with E-state index >= 15 is 0 Å². The number of hydrogen-bond acceptors (Lipinski definition) is 4. The SMILES string of the molecule is CCCC(=O)N1CCC(Nc2cc[c]c(C(N)=O)n2)CC1. The molecule has 0 spiro atoms. The van der Waals surface area contributed by atoms with E-state index in [1.807, 2.05) is 11.8 Å². The summed E-state index contributed by atoms with van der Waals surface area (Å²) in [6.07, 6.45) is 3.26. The van der Waals surface area contributed by atoms with Crippen LogP contribution in [0.4, 0.5) is 5.82 Å². The number of carbonyl (C=O) groups is 2. The summed E-state index contributed by atoms with van der Waals surface area (Å²) < 4.78 is 0. The fraction of sp³-hybridized carbons (Fsp3) is 0.533. The second-order valence-electron chi connectivity index (χ2n) is 5.24. The van der Waals surface area contributed by atoms with Gasteiger partial charge in [0.25, 0.3) is 5.91 Å². The average molecular weight is 289 g/mol. The molecule has 2 amide bonds. The third-order valence-corrected chi connectivity index (χ3v) is 3.59. The van der Waals surface area contributed by atoms with E-state index in [9.17, 15) is 9.59 Å². The number of nitrogens with one attached hydrogen (secondary N) is 1. The Morgan fingerprint density at radius 3 is 2.81 bits per heavy atom. The van der Waals surface area contributed by atoms with Crippen molar-refractivity contribution in [3.8, 4) is 0 Å². The Balaban J connectivity index is 1.87. The van der Waals surface area contributed by atoms with E-state index in [-0.39, 0.29) is 17.6 Å². The highest BCUT2D eigenvalue weighted by Gasteiger charge is 2.22. The lowest BCUT2D eigenvalue weighted by atomic mass is 10.0. The van der Waals surface area contributed by atoms with Crippen molar-refractivity contribution >= 4 is 17.6 Å². The molecule has 21 heavy (non-hydrogen) atoms. The van der Waals surface area contributed by atoms with Crippen molar-refractivity contribution in [1.82, 2.24) is 9.88 Å². The lowest BCUT2D eigenvalue weighted by molar-refractivity contribution is -0.132. The first-order valence-electron chi connectivity index (χ1n) is 7.33. The highest BCUT2D eigenvalue weighted by Crippen LogP contribution is 2.16. The van der Waals surface area contributed by atoms with Crippen LogP contribution in [-0.4, -0.2) is 40.8 Å². The second kappa shape index (κ2) is 7.06. The molecule has 6 heteroatoms. The van der Waals surface area contributed by atoms with Crippen LogP contribution in [0.2, 0.25) is 0 Å². The number of anilines is 1. The van der Waals surface area contributed by atoms with Crippen LogP contribution in [0.15, 0.2) is 12.1 Å². The number of nitrogens with two attached hydrogens (primary N) is 1. The summed E-state index contributed by atoms with van der Waals surface area (Å²) in [5, 5.41) is 3.29. The lowest BCUT2D eigenvalue weighted by Gasteiger charge is -2.32. The van der Waals surface area contributed by atoms with Crippen molar-refractivity contribution in [1.29, 1.82) is 0 Å². The molecule has 0 atom stereocenters. The number of carbonyl (C=O) groups excluding carboxylic acids is 2. The van der Waals surface area contributed by atoms with Gasteiger partial charge in [-0.2, -0.15) is 0 Å². The zero-order valence-electron chi connectivity index (χ0n) is 12.3. The van der Waals surface area contributed by atoms with E-state index in [1.54, 1.807) is 12.1 Å². The molecule has 2 rings (SSSR count). The number of amides is 2. The van der Waals surface area contributed by atoms with Crippen molar-refractivity contribution in [3.63, 3.8) is 0 Å². The normalized spacial score (nSPS) is 15.8. The molecule has 3 N–H and O–H groups in total. The van der Waals surface area contributed by atoms with Gasteiger partial charge in [-0.25, -0.2) is 4.98 Å². The van der Waals surface area contributed by atoms with Gasteiger partial charge >= 0.3 is 0 Å². The number of likely N-dealkylation sites (tertiary alicyclic amines) is 1. The highest BCUT2D eigenvalue weighted by atomic mass is 16.2. The first-order chi connectivity index (χ1) is 10.1. The number of aromatic nitrogens is 1. The molecule has 2 heterocycles. The van der Waals surface area contributed by atoms with Crippen LogP contribution in [0.5, 0.6) is 0 Å². The van der Waals surface area contributed by atoms with Gasteiger partial charge in [0, 0.05) is 31.6 Å². The quantitative estimate of drug-likeness (QED) is 0.852. The molecule has 1 aliphatic rings. The number of nitrogens with zero attached hydrogens (tertiary/aromatic N) is 2. The Kier molecular flexibility index (Phi) is 5.14. The molecule has 1 aliphatic heterocycles. The van der Waals surface area contributed by atoms with Crippen LogP contribution in [0.25, 0.3) is 0 Å². The van der Waals surface area contributed by atoms with Gasteiger partial charge in [0.2, 0.25) is 5.91 Å². The standard InChI is InChI=1S/C15H21N4O2/c1-2-4-14(20)19-9-7-11(8-10-19)17-13-6-3-5-12(18-13)15(16)21/h3,6,11H,2,4,7-10H2,1H3,(H2,16,21)(H,17,18). The third-order valence-electron chi connectivity index (χ3n) is 3.59. The highest BCUT2D eigenvalue weighted by molar-refractivity contribution is 5.90. The van der Waals surface area contributed by atoms with E-state index in [0.717, 1.165) is 32.4 Å². The Hall–Kier alpha value is -2.11. The molecule has 1 aromatic heterocycles. The topological polar surface area (TPSA) is 88.3 Å². The monoisotopic (exact) mass is 289 g/mol. The van der Waals surface area contributed by atoms with E-state index in [4.69, 9.17) is 5.73 Å². The summed E-state index contributed by atoms with van der Waals surface area (Å²) in [5.41, 5.74) is 5.33. The number of piperidine rings is 1. The van der Waals surface area contributed by atoms with Gasteiger partial charge < -0.3 is 16.0 Å². The first-order valence-corrected chi connectivity index (χ1v) is 7.33. The number of primary amides is 1. The molecule has 0 saturated carbocycles. The van der Waals surface area contributed by atoms with Crippen molar-refractivity contribution in [2.75, 3.05) is 18.4 Å². The smallest absolute Gasteiger partial charge is 0.268 e. The second-order valence-corrected chi connectivity index (χ2v) is 5.24. The van der Waals surface area contributed by atoms with Gasteiger partial charge in [0.15, 0.2) is 0 Å². The third kappa shape index (κ3) is 4.18. The maximum atomic E-state index is 11.8. The molecule has 6 nitrogen and oxygen atoms in total. The molecular formula is C15H21N4O2. The molecule has 0 aromatic carbocycles. The molecule has 0 aliphatic carbocycles. The Morgan fingerprint density at radius 1 is 1.48 bits per heavy atom. The van der Waals surface area contributed by atoms with E-state index in [2.05, 4.69) is 16.4 Å². The van der Waals surface area contributed by atoms with Crippen LogP contribution >= 0.6 is 0 Å². The fourth-order valence-electron chi connectivity index (χ4n) is 2.45. The molecule has 113 valence electrons. The van der Waals surface area contributed by atoms with Crippen LogP contribution in [-0.2, 0) is 4.79 Å². The summed E-state index contributed by atoms with van der Waals surface area (Å²) in [6, 6.07) is 6.36. The van der Waals surface area contributed by atoms with Crippen molar-refractivity contribution < 1.29 is 9.59 Å². The van der Waals surface area contributed by atoms with Crippen LogP contribution in [0.3, 0.4) is 0 Å². The maximum Gasteiger partial charge on any atom is 0.268 e. The average Bonchev–Trinajstić information content (AvgIpc) is 2.48. The van der Waals surface area contributed by atoms with Crippen LogP contribution in [0.1, 0.15) is 43.1 Å². The number of pyridine rings is 1. The van der Waals surface area contributed by atoms with E-state index in [1.165, 1.54) is 0 Å². The molecule has 1 saturated heterocycles. The molecular weight excluding hydrogens is 268 g/mol. The molecule has 1 aromatic rings. The molecule has 0 unspecified atom stereocenters. The van der Waals surface area contributed by atoms with Crippen molar-refractivity contribution in [2.24, 2.45) is 5.73 Å². The largest absolute Gasteiger partial charge is 0.367 e. The summed E-state index contributed by atoms with van der Waals surface area (Å²) in [4.78, 5) is 28.9. The lowest BCUT2D eigenvalue weighted by Crippen LogP contribution is -2.42. The first kappa shape index (κ1) is 15.3. The Bertz CT molecular complexity index is 510. The Labute approximate surface area is 124 Å². The molecule has 0 bridgehead atoms. The van der Waals surface area contributed by atoms with Crippen molar-refractivity contribution in [3.05, 3.63) is 23.9 Å². The summed E-state index contributed by atoms with van der Waals surface area (Å²) >= 11 is 0. The molecule has 1 fully saturated rings. The summed E-state index contributed by atoms with van der Waals surface area (Å²) in [6.45, 7) is 3.54. The zero-order valence-corrected chi connectivity index (χ0v) is 12.3. The van der Waals surface area contributed by atoms with Gasteiger partial charge in [-0.3, -0.25) is 9.59 Å². The minimum absolute atomic E-state index is 0.135. The fourth-order valence-corrected chi connectivity index (χ4v) is 2.45. The van der Waals surface area contributed by atoms with Gasteiger partial charge in [0.1, 0.15) is 11.5 Å². The van der Waals surface area contributed by atoms with Gasteiger partial charge in [-0.15, -0.1) is 0 Å². The Morgan fingerprint density at radius 2 is 2.19 bits per heavy atom. The van der Waals surface area contributed by atoms with Crippen LogP contribution < -0.4 is 11.1 Å². The predicted octanol–water partition coefficient (Wildman–Crippen LogP) is 1.18. The van der Waals surface area contributed by atoms with Gasteiger partial charge in [0.05, 0.1) is 0 Å². The predicted molar refractivity (Wildman–Crippen MR) is 79.7 cm³/mol. The minimum atomic E-state index is -0.585. The summed E-state index contributed by atoms with van der Waals surface area (Å²) in [5.74, 6) is 0.277. The van der Waals surface area contributed by atoms with Crippen LogP contribution in [0, 0.1) is 6.07 Å². The van der Waals surface area contributed by atoms with Gasteiger partial charge in [-0.1, -0.05) is 6.92 Å². The van der Waals surface area contributed by atoms with Gasteiger partial charge in [-0.05, 0) is 31.4 Å². The minimum Gasteiger partial charge on any atom is -0.367 e. The summed E-state index contributed by atoms with van der Waals surface area (Å²) in [7, 11) is 0. The number of hydrogen-bond donors (Lipinski definition) is 2. The van der Waals surface area contributed by atoms with E-state index < -0.39 is 5.91 Å². The molecule has 1 radical (unpaired) electrons. The van der Waals surface area contributed by atoms with E-state index in [0.29, 0.717) is 12.2 Å². The zero-order chi connectivity index (χ0) is 15.2. The maximum absolute atomic E-state index is 11.8. The number of rotatable bonds is 5.